The van der Waals surface area contributed by atoms with Crippen molar-refractivity contribution in [2.75, 3.05) is 27.4 Å². The molecule has 0 aliphatic rings. The molecule has 96 valence electrons. The van der Waals surface area contributed by atoms with Crippen LogP contribution >= 0.6 is 0 Å². The lowest BCUT2D eigenvalue weighted by molar-refractivity contribution is 0.128. The van der Waals surface area contributed by atoms with Crippen molar-refractivity contribution in [2.45, 2.75) is 38.3 Å². The van der Waals surface area contributed by atoms with E-state index in [0.29, 0.717) is 0 Å². The fourth-order valence-corrected chi connectivity index (χ4v) is 2.74. The van der Waals surface area contributed by atoms with Gasteiger partial charge in [0.1, 0.15) is 0 Å². The van der Waals surface area contributed by atoms with E-state index in [-0.39, 0.29) is 0 Å². The zero-order chi connectivity index (χ0) is 12.3. The quantitative estimate of drug-likeness (QED) is 0.318. The molecule has 0 rings (SSSR count). The minimum absolute atomic E-state index is 0.809. The third-order valence-electron chi connectivity index (χ3n) is 2.73. The van der Waals surface area contributed by atoms with E-state index in [4.69, 9.17) is 13.6 Å². The summed E-state index contributed by atoms with van der Waals surface area (Å²) < 4.78 is 16.3. The highest BCUT2D eigenvalue weighted by Crippen LogP contribution is 2.13. The normalized spacial score (nSPS) is 11.7. The van der Waals surface area contributed by atoms with E-state index >= 15 is 0 Å². The van der Waals surface area contributed by atoms with Crippen LogP contribution in [0.15, 0.2) is 12.7 Å². The first-order valence-electron chi connectivity index (χ1n) is 5.97. The Morgan fingerprint density at radius 1 is 1.06 bits per heavy atom. The third-order valence-corrected chi connectivity index (χ3v) is 5.72. The van der Waals surface area contributed by atoms with Gasteiger partial charge in [-0.05, 0) is 38.3 Å². The van der Waals surface area contributed by atoms with Crippen molar-refractivity contribution in [1.82, 2.24) is 0 Å². The molecule has 0 atom stereocenters. The predicted molar refractivity (Wildman–Crippen MR) is 69.9 cm³/mol. The molecule has 0 saturated heterocycles. The van der Waals surface area contributed by atoms with Gasteiger partial charge in [-0.1, -0.05) is 6.08 Å². The zero-order valence-electron chi connectivity index (χ0n) is 11.0. The van der Waals surface area contributed by atoms with E-state index in [1.165, 1.54) is 6.42 Å². The molecule has 0 unspecified atom stereocenters. The molecule has 0 aliphatic carbocycles. The Balaban J connectivity index is 3.29. The molecule has 0 spiro atoms. The maximum atomic E-state index is 5.54. The van der Waals surface area contributed by atoms with Crippen LogP contribution in [0.2, 0.25) is 12.6 Å². The highest BCUT2D eigenvalue weighted by Gasteiger charge is 2.27. The van der Waals surface area contributed by atoms with Gasteiger partial charge in [-0.2, -0.15) is 0 Å². The molecule has 0 aromatic rings. The van der Waals surface area contributed by atoms with Crippen LogP contribution in [0.3, 0.4) is 0 Å². The SMILES string of the molecule is C=CCCCCOCCC[Si](C)(OC)OC. The average molecular weight is 246 g/mol. The molecule has 0 amide bonds. The Bertz CT molecular complexity index is 170. The number of hydrogen-bond donors (Lipinski definition) is 0. The summed E-state index contributed by atoms with van der Waals surface area (Å²) in [5.74, 6) is 0. The molecular weight excluding hydrogens is 220 g/mol. The van der Waals surface area contributed by atoms with Crippen molar-refractivity contribution in [2.24, 2.45) is 0 Å². The molecule has 0 aliphatic heterocycles. The van der Waals surface area contributed by atoms with Gasteiger partial charge in [-0.3, -0.25) is 0 Å². The Labute approximate surface area is 101 Å². The van der Waals surface area contributed by atoms with Gasteiger partial charge in [0.25, 0.3) is 0 Å². The van der Waals surface area contributed by atoms with Crippen molar-refractivity contribution in [3.8, 4) is 0 Å². The number of allylic oxidation sites excluding steroid dienone is 1. The van der Waals surface area contributed by atoms with Gasteiger partial charge in [-0.25, -0.2) is 0 Å². The first-order chi connectivity index (χ1) is 7.68. The van der Waals surface area contributed by atoms with Crippen LogP contribution in [-0.4, -0.2) is 36.0 Å². The highest BCUT2D eigenvalue weighted by atomic mass is 28.4. The monoisotopic (exact) mass is 246 g/mol. The van der Waals surface area contributed by atoms with Gasteiger partial charge in [-0.15, -0.1) is 6.58 Å². The van der Waals surface area contributed by atoms with E-state index in [0.717, 1.165) is 38.5 Å². The topological polar surface area (TPSA) is 27.7 Å². The maximum absolute atomic E-state index is 5.54. The summed E-state index contributed by atoms with van der Waals surface area (Å²) in [6, 6.07) is 0.993. The molecule has 4 heteroatoms. The summed E-state index contributed by atoms with van der Waals surface area (Å²) in [7, 11) is 1.58. The molecule has 16 heavy (non-hydrogen) atoms. The smallest absolute Gasteiger partial charge is 0.334 e. The molecule has 0 aromatic heterocycles. The fourth-order valence-electron chi connectivity index (χ4n) is 1.38. The van der Waals surface area contributed by atoms with Gasteiger partial charge in [0.15, 0.2) is 0 Å². The van der Waals surface area contributed by atoms with E-state index < -0.39 is 8.56 Å². The molecule has 0 saturated carbocycles. The van der Waals surface area contributed by atoms with Crippen LogP contribution < -0.4 is 0 Å². The number of unbranched alkanes of at least 4 members (excludes halogenated alkanes) is 2. The van der Waals surface area contributed by atoms with Gasteiger partial charge in [0.2, 0.25) is 0 Å². The van der Waals surface area contributed by atoms with Crippen LogP contribution in [0.4, 0.5) is 0 Å². The average Bonchev–Trinajstić information content (AvgIpc) is 2.32. The van der Waals surface area contributed by atoms with Crippen LogP contribution in [0.25, 0.3) is 0 Å². The van der Waals surface area contributed by atoms with Crippen molar-refractivity contribution >= 4 is 8.56 Å². The molecule has 0 aromatic carbocycles. The molecule has 0 fully saturated rings. The number of hydrogen-bond acceptors (Lipinski definition) is 3. The second kappa shape index (κ2) is 10.0. The van der Waals surface area contributed by atoms with E-state index in [2.05, 4.69) is 13.1 Å². The summed E-state index contributed by atoms with van der Waals surface area (Å²) in [5.41, 5.74) is 0. The van der Waals surface area contributed by atoms with Crippen LogP contribution in [0.5, 0.6) is 0 Å². The van der Waals surface area contributed by atoms with Gasteiger partial charge in [0, 0.05) is 27.4 Å². The lowest BCUT2D eigenvalue weighted by Gasteiger charge is -2.22. The molecule has 0 heterocycles. The van der Waals surface area contributed by atoms with Gasteiger partial charge in [0.05, 0.1) is 0 Å². The van der Waals surface area contributed by atoms with Crippen LogP contribution in [0, 0.1) is 0 Å². The van der Waals surface area contributed by atoms with Crippen LogP contribution in [-0.2, 0) is 13.6 Å². The summed E-state index contributed by atoms with van der Waals surface area (Å²) in [6.45, 7) is 7.43. The highest BCUT2D eigenvalue weighted by molar-refractivity contribution is 6.65. The first kappa shape index (κ1) is 15.8. The molecule has 3 nitrogen and oxygen atoms in total. The first-order valence-corrected chi connectivity index (χ1v) is 8.50. The Morgan fingerprint density at radius 3 is 2.25 bits per heavy atom. The summed E-state index contributed by atoms with van der Waals surface area (Å²) in [6.07, 6.45) is 6.35. The fraction of sp³-hybridized carbons (Fsp3) is 0.833. The minimum atomic E-state index is -1.87. The number of ether oxygens (including phenoxy) is 1. The van der Waals surface area contributed by atoms with Crippen molar-refractivity contribution in [1.29, 1.82) is 0 Å². The molecular formula is C12H26O3Si. The lowest BCUT2D eigenvalue weighted by atomic mass is 10.2. The standard InChI is InChI=1S/C12H26O3Si/c1-5-6-7-8-10-15-11-9-12-16(4,13-2)14-3/h5H,1,6-12H2,2-4H3. The molecule has 0 N–H and O–H groups in total. The van der Waals surface area contributed by atoms with Crippen molar-refractivity contribution in [3.63, 3.8) is 0 Å². The van der Waals surface area contributed by atoms with Gasteiger partial charge >= 0.3 is 8.56 Å². The van der Waals surface area contributed by atoms with E-state index in [9.17, 15) is 0 Å². The lowest BCUT2D eigenvalue weighted by Crippen LogP contribution is -2.36. The molecule has 0 bridgehead atoms. The predicted octanol–water partition coefficient (Wildman–Crippen LogP) is 3.11. The third kappa shape index (κ3) is 8.04. The minimum Gasteiger partial charge on any atom is -0.398 e. The maximum Gasteiger partial charge on any atom is 0.334 e. The number of rotatable bonds is 11. The Hall–Kier alpha value is -0.163. The zero-order valence-corrected chi connectivity index (χ0v) is 12.0. The van der Waals surface area contributed by atoms with Crippen LogP contribution in [0.1, 0.15) is 25.7 Å². The second-order valence-electron chi connectivity index (χ2n) is 4.04. The Morgan fingerprint density at radius 2 is 1.69 bits per heavy atom. The van der Waals surface area contributed by atoms with Gasteiger partial charge < -0.3 is 13.6 Å². The Kier molecular flexibility index (Phi) is 9.92. The second-order valence-corrected chi connectivity index (χ2v) is 7.63. The largest absolute Gasteiger partial charge is 0.398 e. The van der Waals surface area contributed by atoms with Crippen molar-refractivity contribution in [3.05, 3.63) is 12.7 Å². The van der Waals surface area contributed by atoms with Crippen molar-refractivity contribution < 1.29 is 13.6 Å². The van der Waals surface area contributed by atoms with E-state index in [1.54, 1.807) is 14.2 Å². The summed E-state index contributed by atoms with van der Waals surface area (Å²) in [5, 5.41) is 0. The van der Waals surface area contributed by atoms with E-state index in [1.807, 2.05) is 6.08 Å². The molecule has 0 radical (unpaired) electrons. The summed E-state index contributed by atoms with van der Waals surface area (Å²) >= 11 is 0. The summed E-state index contributed by atoms with van der Waals surface area (Å²) in [4.78, 5) is 0.